The maximum atomic E-state index is 11.3. The Hall–Kier alpha value is -1.55. The van der Waals surface area contributed by atoms with Gasteiger partial charge in [-0.25, -0.2) is 4.79 Å². The van der Waals surface area contributed by atoms with E-state index in [4.69, 9.17) is 4.74 Å². The maximum absolute atomic E-state index is 11.3. The molecule has 0 saturated heterocycles. The van der Waals surface area contributed by atoms with Gasteiger partial charge in [0.1, 0.15) is 5.75 Å². The summed E-state index contributed by atoms with van der Waals surface area (Å²) in [5, 5.41) is 1.79. The molecule has 1 aromatic carbocycles. The number of nitrogens with two attached hydrogens (primary N) is 1. The molecule has 0 aliphatic heterocycles. The van der Waals surface area contributed by atoms with Crippen molar-refractivity contribution in [3.8, 4) is 5.75 Å². The van der Waals surface area contributed by atoms with Gasteiger partial charge in [0.15, 0.2) is 0 Å². The highest BCUT2D eigenvalue weighted by Gasteiger charge is 2.10. The van der Waals surface area contributed by atoms with E-state index < -0.39 is 0 Å². The first-order valence-electron chi connectivity index (χ1n) is 4.59. The number of esters is 1. The van der Waals surface area contributed by atoms with Gasteiger partial charge in [0.2, 0.25) is 0 Å². The van der Waals surface area contributed by atoms with Crippen LogP contribution in [0.3, 0.4) is 0 Å². The van der Waals surface area contributed by atoms with Crippen LogP contribution in [-0.4, -0.2) is 20.2 Å². The molecular formula is C11H15NO3. The minimum atomic E-state index is -0.363. The van der Waals surface area contributed by atoms with Crippen molar-refractivity contribution in [1.82, 2.24) is 0 Å². The fourth-order valence-corrected chi connectivity index (χ4v) is 1.31. The number of carbonyl (C=O) groups excluding carboxylic acids is 1. The van der Waals surface area contributed by atoms with Crippen molar-refractivity contribution in [3.63, 3.8) is 0 Å². The lowest BCUT2D eigenvalue weighted by molar-refractivity contribution is -0.612. The van der Waals surface area contributed by atoms with Crippen LogP contribution in [0.15, 0.2) is 18.2 Å². The van der Waals surface area contributed by atoms with Crippen LogP contribution in [0.2, 0.25) is 0 Å². The standard InChI is InChI=1S/C11H15NO3/c1-12-7-9-5-4-8(11(13)15-3)6-10(9)14-2/h4-6H,1,7,12H2,2-3H3. The molecule has 0 fully saturated rings. The summed E-state index contributed by atoms with van der Waals surface area (Å²) in [5.74, 6) is 0.316. The second-order valence-electron chi connectivity index (χ2n) is 3.01. The highest BCUT2D eigenvalue weighted by Crippen LogP contribution is 2.19. The topological polar surface area (TPSA) is 52.1 Å². The number of quaternary nitrogens is 1. The van der Waals surface area contributed by atoms with Gasteiger partial charge in [0, 0.05) is 5.56 Å². The molecule has 15 heavy (non-hydrogen) atoms. The maximum Gasteiger partial charge on any atom is 0.337 e. The SMILES string of the molecule is [CH2-][NH2+]Cc1ccc(C(=O)OC)cc1OC. The van der Waals surface area contributed by atoms with E-state index in [1.54, 1.807) is 24.6 Å². The molecule has 0 spiro atoms. The number of carbonyl (C=O) groups is 1. The first kappa shape index (κ1) is 11.5. The molecule has 1 aromatic rings. The Morgan fingerprint density at radius 1 is 1.47 bits per heavy atom. The molecule has 0 radical (unpaired) electrons. The summed E-state index contributed by atoms with van der Waals surface area (Å²) in [6, 6.07) is 5.23. The molecule has 0 aromatic heterocycles. The number of rotatable bonds is 4. The van der Waals surface area contributed by atoms with Gasteiger partial charge in [-0.3, -0.25) is 0 Å². The minimum absolute atomic E-state index is 0.363. The summed E-state index contributed by atoms with van der Waals surface area (Å²) >= 11 is 0. The lowest BCUT2D eigenvalue weighted by Gasteiger charge is -2.09. The molecule has 0 aliphatic carbocycles. The van der Waals surface area contributed by atoms with Crippen LogP contribution in [0.5, 0.6) is 5.75 Å². The molecule has 0 aliphatic rings. The molecule has 0 amide bonds. The Balaban J connectivity index is 3.01. The third kappa shape index (κ3) is 2.70. The second kappa shape index (κ2) is 5.36. The number of ether oxygens (including phenoxy) is 2. The normalized spacial score (nSPS) is 9.80. The first-order valence-corrected chi connectivity index (χ1v) is 4.59. The third-order valence-corrected chi connectivity index (χ3v) is 2.07. The number of methoxy groups -OCH3 is 2. The third-order valence-electron chi connectivity index (χ3n) is 2.07. The zero-order valence-electron chi connectivity index (χ0n) is 8.95. The smallest absolute Gasteiger partial charge is 0.337 e. The van der Waals surface area contributed by atoms with Crippen LogP contribution in [0.4, 0.5) is 0 Å². The van der Waals surface area contributed by atoms with Crippen molar-refractivity contribution in [1.29, 1.82) is 0 Å². The van der Waals surface area contributed by atoms with Crippen molar-refractivity contribution in [3.05, 3.63) is 36.4 Å². The van der Waals surface area contributed by atoms with Crippen molar-refractivity contribution in [2.24, 2.45) is 0 Å². The second-order valence-corrected chi connectivity index (χ2v) is 3.01. The number of benzene rings is 1. The van der Waals surface area contributed by atoms with Gasteiger partial charge in [0.05, 0.1) is 26.3 Å². The zero-order chi connectivity index (χ0) is 11.3. The van der Waals surface area contributed by atoms with E-state index in [1.807, 2.05) is 6.07 Å². The highest BCUT2D eigenvalue weighted by molar-refractivity contribution is 5.89. The molecule has 1 rings (SSSR count). The number of hydrogen-bond acceptors (Lipinski definition) is 3. The average Bonchev–Trinajstić information content (AvgIpc) is 2.29. The van der Waals surface area contributed by atoms with Crippen molar-refractivity contribution in [2.75, 3.05) is 14.2 Å². The molecule has 4 nitrogen and oxygen atoms in total. The molecule has 2 N–H and O–H groups in total. The van der Waals surface area contributed by atoms with E-state index in [1.165, 1.54) is 7.11 Å². The fourth-order valence-electron chi connectivity index (χ4n) is 1.31. The summed E-state index contributed by atoms with van der Waals surface area (Å²) in [7, 11) is 6.58. The van der Waals surface area contributed by atoms with Crippen molar-refractivity contribution in [2.45, 2.75) is 6.54 Å². The van der Waals surface area contributed by atoms with Crippen LogP contribution < -0.4 is 10.1 Å². The van der Waals surface area contributed by atoms with E-state index in [2.05, 4.69) is 11.8 Å². The molecule has 0 heterocycles. The van der Waals surface area contributed by atoms with E-state index in [0.29, 0.717) is 17.9 Å². The average molecular weight is 209 g/mol. The fraction of sp³-hybridized carbons (Fsp3) is 0.273. The Kier molecular flexibility index (Phi) is 4.12. The Morgan fingerprint density at radius 3 is 2.73 bits per heavy atom. The highest BCUT2D eigenvalue weighted by atomic mass is 16.5. The lowest BCUT2D eigenvalue weighted by Crippen LogP contribution is -2.74. The summed E-state index contributed by atoms with van der Waals surface area (Å²) in [6.07, 6.45) is 0. The quantitative estimate of drug-likeness (QED) is 0.574. The van der Waals surface area contributed by atoms with Crippen molar-refractivity contribution < 1.29 is 19.6 Å². The molecular weight excluding hydrogens is 194 g/mol. The van der Waals surface area contributed by atoms with Crippen LogP contribution in [0.1, 0.15) is 15.9 Å². The molecule has 0 bridgehead atoms. The Morgan fingerprint density at radius 2 is 2.20 bits per heavy atom. The van der Waals surface area contributed by atoms with Gasteiger partial charge < -0.3 is 14.8 Å². The first-order chi connectivity index (χ1) is 7.22. The lowest BCUT2D eigenvalue weighted by atomic mass is 10.1. The van der Waals surface area contributed by atoms with Crippen LogP contribution >= 0.6 is 0 Å². The molecule has 0 unspecified atom stereocenters. The Bertz CT molecular complexity index is 350. The van der Waals surface area contributed by atoms with E-state index in [9.17, 15) is 4.79 Å². The molecule has 82 valence electrons. The predicted octanol–water partition coefficient (Wildman–Crippen LogP) is 0.337. The van der Waals surface area contributed by atoms with Gasteiger partial charge >= 0.3 is 5.97 Å². The van der Waals surface area contributed by atoms with Gasteiger partial charge in [-0.1, -0.05) is 0 Å². The predicted molar refractivity (Wildman–Crippen MR) is 55.3 cm³/mol. The van der Waals surface area contributed by atoms with E-state index in [0.717, 1.165) is 5.56 Å². The molecule has 0 saturated carbocycles. The van der Waals surface area contributed by atoms with Gasteiger partial charge in [0.25, 0.3) is 0 Å². The van der Waals surface area contributed by atoms with E-state index in [-0.39, 0.29) is 5.97 Å². The van der Waals surface area contributed by atoms with Crippen LogP contribution in [0.25, 0.3) is 0 Å². The zero-order valence-corrected chi connectivity index (χ0v) is 8.95. The summed E-state index contributed by atoms with van der Waals surface area (Å²) in [4.78, 5) is 11.3. The van der Waals surface area contributed by atoms with Crippen molar-refractivity contribution >= 4 is 5.97 Å². The van der Waals surface area contributed by atoms with Gasteiger partial charge in [-0.15, -0.1) is 0 Å². The largest absolute Gasteiger partial charge is 0.496 e. The van der Waals surface area contributed by atoms with Crippen LogP contribution in [0, 0.1) is 7.05 Å². The number of hydrogen-bond donors (Lipinski definition) is 1. The summed E-state index contributed by atoms with van der Waals surface area (Å²) < 4.78 is 9.80. The molecule has 0 atom stereocenters. The summed E-state index contributed by atoms with van der Waals surface area (Å²) in [5.41, 5.74) is 1.49. The minimum Gasteiger partial charge on any atom is -0.496 e. The monoisotopic (exact) mass is 209 g/mol. The van der Waals surface area contributed by atoms with Gasteiger partial charge in [-0.05, 0) is 18.2 Å². The molecule has 4 heteroatoms. The van der Waals surface area contributed by atoms with Gasteiger partial charge in [-0.2, -0.15) is 7.05 Å². The van der Waals surface area contributed by atoms with E-state index >= 15 is 0 Å². The van der Waals surface area contributed by atoms with Crippen LogP contribution in [-0.2, 0) is 11.3 Å². The summed E-state index contributed by atoms with van der Waals surface area (Å²) in [6.45, 7) is 0.713. The Labute approximate surface area is 89.2 Å².